The zero-order valence-corrected chi connectivity index (χ0v) is 24.4. The largest absolute Gasteiger partial charge is 0.119 e. The summed E-state index contributed by atoms with van der Waals surface area (Å²) in [5, 5.41) is 2.54. The summed E-state index contributed by atoms with van der Waals surface area (Å²) in [5.41, 5.74) is 5.27. The molecule has 0 amide bonds. The third-order valence-corrected chi connectivity index (χ3v) is 8.97. The first kappa shape index (κ1) is 27.4. The lowest BCUT2D eigenvalue weighted by atomic mass is 9.80. The lowest BCUT2D eigenvalue weighted by molar-refractivity contribution is 0.857. The van der Waals surface area contributed by atoms with Crippen LogP contribution in [0.3, 0.4) is 0 Å². The van der Waals surface area contributed by atoms with Crippen LogP contribution in [-0.2, 0) is 9.75 Å². The smallest absolute Gasteiger partial charge is 0.104 e. The number of hydrogen-bond donors (Lipinski definition) is 0. The zero-order valence-electron chi connectivity index (χ0n) is 19.8. The molecule has 5 aromatic carbocycles. The molecule has 0 atom stereocenters. The van der Waals surface area contributed by atoms with Gasteiger partial charge in [-0.15, -0.1) is 23.2 Å². The van der Waals surface area contributed by atoms with Crippen LogP contribution in [0.5, 0.6) is 0 Å². The van der Waals surface area contributed by atoms with Crippen LogP contribution in [0.25, 0.3) is 0 Å². The Hall–Kier alpha value is -2.16. The molecule has 0 N–H and O–H groups in total. The van der Waals surface area contributed by atoms with Crippen molar-refractivity contribution in [3.05, 3.63) is 175 Å². The van der Waals surface area contributed by atoms with Gasteiger partial charge in [-0.05, 0) is 81.9 Å². The van der Waals surface area contributed by atoms with Gasteiger partial charge in [0, 0.05) is 20.1 Å². The Morgan fingerprint density at radius 1 is 0.263 bits per heavy atom. The van der Waals surface area contributed by atoms with Gasteiger partial charge >= 0.3 is 0 Å². The van der Waals surface area contributed by atoms with Crippen LogP contribution in [0.15, 0.2) is 121 Å². The van der Waals surface area contributed by atoms with Crippen molar-refractivity contribution < 1.29 is 0 Å². The van der Waals surface area contributed by atoms with Gasteiger partial charge in [-0.2, -0.15) is 0 Å². The summed E-state index contributed by atoms with van der Waals surface area (Å²) < 4.78 is 0. The fourth-order valence-corrected chi connectivity index (χ4v) is 5.91. The minimum atomic E-state index is -0.983. The fourth-order valence-electron chi connectivity index (χ4n) is 4.65. The Morgan fingerprint density at radius 2 is 0.395 bits per heavy atom. The van der Waals surface area contributed by atoms with E-state index in [2.05, 4.69) is 0 Å². The minimum Gasteiger partial charge on any atom is -0.104 e. The Bertz CT molecular complexity index is 1310. The number of halogens is 6. The van der Waals surface area contributed by atoms with E-state index in [1.54, 1.807) is 0 Å². The lowest BCUT2D eigenvalue weighted by Crippen LogP contribution is -2.24. The molecule has 0 radical (unpaired) electrons. The van der Waals surface area contributed by atoms with Crippen molar-refractivity contribution in [3.63, 3.8) is 0 Å². The van der Waals surface area contributed by atoms with Crippen LogP contribution in [0.4, 0.5) is 0 Å². The van der Waals surface area contributed by atoms with Crippen LogP contribution < -0.4 is 0 Å². The van der Waals surface area contributed by atoms with Gasteiger partial charge in [0.1, 0.15) is 9.75 Å². The van der Waals surface area contributed by atoms with Crippen molar-refractivity contribution in [2.45, 2.75) is 9.75 Å². The molecule has 5 rings (SSSR count). The Labute approximate surface area is 252 Å². The van der Waals surface area contributed by atoms with Gasteiger partial charge in [0.05, 0.1) is 0 Å². The fraction of sp³-hybridized carbons (Fsp3) is 0.0625. The molecule has 6 heteroatoms. The van der Waals surface area contributed by atoms with Gasteiger partial charge < -0.3 is 0 Å². The molecule has 0 bridgehead atoms. The normalized spacial score (nSPS) is 11.9. The van der Waals surface area contributed by atoms with E-state index >= 15 is 0 Å². The highest BCUT2D eigenvalue weighted by molar-refractivity contribution is 6.32. The number of benzene rings is 5. The van der Waals surface area contributed by atoms with Crippen molar-refractivity contribution in [2.75, 3.05) is 0 Å². The van der Waals surface area contributed by atoms with Crippen LogP contribution in [0, 0.1) is 0 Å². The summed E-state index contributed by atoms with van der Waals surface area (Å²) in [6.45, 7) is 0. The highest BCUT2D eigenvalue weighted by atomic mass is 35.5. The third-order valence-electron chi connectivity index (χ3n) is 6.65. The van der Waals surface area contributed by atoms with E-state index < -0.39 is 9.75 Å². The second kappa shape index (κ2) is 11.1. The molecule has 0 spiro atoms. The molecular weight excluding hydrogens is 597 g/mol. The predicted octanol–water partition coefficient (Wildman–Crippen LogP) is 11.4. The Kier molecular flexibility index (Phi) is 8.04. The Morgan fingerprint density at radius 3 is 0.553 bits per heavy atom. The van der Waals surface area contributed by atoms with Crippen LogP contribution in [0.1, 0.15) is 33.4 Å². The SMILES string of the molecule is Clc1ccc(C(Cl)(c2ccc(Cl)cc2)c2ccc(C(Cl)(c3ccc(Cl)cc3)c3ccc(Cl)cc3)cc2)cc1. The molecule has 0 saturated heterocycles. The summed E-state index contributed by atoms with van der Waals surface area (Å²) in [4.78, 5) is -1.97. The quantitative estimate of drug-likeness (QED) is 0.131. The molecule has 0 nitrogen and oxygen atoms in total. The number of alkyl halides is 2. The van der Waals surface area contributed by atoms with Crippen LogP contribution in [0.2, 0.25) is 20.1 Å². The molecule has 0 aliphatic rings. The topological polar surface area (TPSA) is 0 Å². The first-order chi connectivity index (χ1) is 18.2. The third kappa shape index (κ3) is 5.19. The van der Waals surface area contributed by atoms with E-state index in [1.165, 1.54) is 0 Å². The van der Waals surface area contributed by atoms with Gasteiger partial charge in [-0.1, -0.05) is 119 Å². The molecule has 190 valence electrons. The summed E-state index contributed by atoms with van der Waals surface area (Å²) >= 11 is 39.8. The van der Waals surface area contributed by atoms with Gasteiger partial charge in [-0.25, -0.2) is 0 Å². The van der Waals surface area contributed by atoms with E-state index in [-0.39, 0.29) is 0 Å². The van der Waals surface area contributed by atoms with Gasteiger partial charge in [0.15, 0.2) is 0 Å². The average molecular weight is 617 g/mol. The number of rotatable bonds is 6. The summed E-state index contributed by atoms with van der Waals surface area (Å²) in [6.07, 6.45) is 0. The van der Waals surface area contributed by atoms with Crippen molar-refractivity contribution in [2.24, 2.45) is 0 Å². The van der Waals surface area contributed by atoms with E-state index in [1.807, 2.05) is 121 Å². The van der Waals surface area contributed by atoms with Crippen molar-refractivity contribution in [1.29, 1.82) is 0 Å². The van der Waals surface area contributed by atoms with E-state index in [0.717, 1.165) is 33.4 Å². The predicted molar refractivity (Wildman–Crippen MR) is 164 cm³/mol. The molecule has 0 fully saturated rings. The maximum atomic E-state index is 7.51. The second-order valence-electron chi connectivity index (χ2n) is 8.92. The highest BCUT2D eigenvalue weighted by Gasteiger charge is 2.37. The number of hydrogen-bond acceptors (Lipinski definition) is 0. The molecule has 0 heterocycles. The summed E-state index contributed by atoms with van der Waals surface area (Å²) in [7, 11) is 0. The molecule has 5 aromatic rings. The van der Waals surface area contributed by atoms with Crippen molar-refractivity contribution in [3.8, 4) is 0 Å². The Balaban J connectivity index is 1.66. The maximum Gasteiger partial charge on any atom is 0.119 e. The second-order valence-corrected chi connectivity index (χ2v) is 11.8. The lowest BCUT2D eigenvalue weighted by Gasteiger charge is -2.32. The van der Waals surface area contributed by atoms with Crippen LogP contribution >= 0.6 is 69.6 Å². The van der Waals surface area contributed by atoms with Crippen LogP contribution in [-0.4, -0.2) is 0 Å². The summed E-state index contributed by atoms with van der Waals surface area (Å²) in [6, 6.07) is 38.2. The first-order valence-electron chi connectivity index (χ1n) is 11.7. The van der Waals surface area contributed by atoms with Gasteiger partial charge in [0.2, 0.25) is 0 Å². The minimum absolute atomic E-state index is 0.636. The highest BCUT2D eigenvalue weighted by Crippen LogP contribution is 2.47. The monoisotopic (exact) mass is 614 g/mol. The molecule has 0 saturated carbocycles. The first-order valence-corrected chi connectivity index (χ1v) is 14.0. The van der Waals surface area contributed by atoms with E-state index in [9.17, 15) is 0 Å². The van der Waals surface area contributed by atoms with Gasteiger partial charge in [-0.3, -0.25) is 0 Å². The average Bonchev–Trinajstić information content (AvgIpc) is 2.94. The maximum absolute atomic E-state index is 7.51. The van der Waals surface area contributed by atoms with Gasteiger partial charge in [0.25, 0.3) is 0 Å². The van der Waals surface area contributed by atoms with Crippen molar-refractivity contribution >= 4 is 69.6 Å². The molecule has 0 aliphatic heterocycles. The molecule has 0 unspecified atom stereocenters. The van der Waals surface area contributed by atoms with E-state index in [4.69, 9.17) is 69.6 Å². The molecule has 0 aromatic heterocycles. The van der Waals surface area contributed by atoms with Crippen molar-refractivity contribution in [1.82, 2.24) is 0 Å². The molecule has 38 heavy (non-hydrogen) atoms. The standard InChI is InChI=1S/C32H20Cl6/c33-27-13-5-23(6-14-27)31(37,24-7-15-28(34)16-8-24)21-1-2-22(4-3-21)32(38,25-9-17-29(35)18-10-25)26-11-19-30(36)20-12-26/h1-20H. The van der Waals surface area contributed by atoms with E-state index in [0.29, 0.717) is 20.1 Å². The zero-order chi connectivity index (χ0) is 26.9. The molecule has 0 aliphatic carbocycles. The molecular formula is C32H20Cl6. The summed E-state index contributed by atoms with van der Waals surface area (Å²) in [5.74, 6) is 0.